The minimum Gasteiger partial charge on any atom is -0.545 e. The van der Waals surface area contributed by atoms with Crippen molar-refractivity contribution < 1.29 is 42.9 Å². The highest BCUT2D eigenvalue weighted by Gasteiger charge is 2.22. The van der Waals surface area contributed by atoms with Crippen LogP contribution in [0.15, 0.2) is 60.8 Å². The molecule has 2 unspecified atom stereocenters. The van der Waals surface area contributed by atoms with Crippen molar-refractivity contribution >= 4 is 17.9 Å². The Morgan fingerprint density at radius 1 is 0.425 bits per heavy atom. The molecule has 0 heterocycles. The van der Waals surface area contributed by atoms with E-state index in [9.17, 15) is 19.5 Å². The van der Waals surface area contributed by atoms with E-state index in [-0.39, 0.29) is 38.6 Å². The summed E-state index contributed by atoms with van der Waals surface area (Å²) in [7, 11) is 5.90. The molecule has 9 nitrogen and oxygen atoms in total. The summed E-state index contributed by atoms with van der Waals surface area (Å²) in [6.07, 6.45) is 67.4. The molecular formula is C64H115NO8. The molecule has 0 aromatic rings. The topological polar surface area (TPSA) is 111 Å². The van der Waals surface area contributed by atoms with E-state index in [1.807, 2.05) is 21.1 Å². The smallest absolute Gasteiger partial charge is 0.306 e. The standard InChI is InChI=1S/C64H115NO8/c1-6-8-10-12-14-16-18-20-22-24-25-26-27-28-29-30-31-32-33-34-35-36-37-39-40-42-44-46-48-50-52-54-61(66)71-58-60(59-72-64(63(68)69)70-57-56-65(3,4)5)73-62(67)55-53-51-49-47-45-43-41-38-23-21-19-17-15-13-11-9-7-2/h9,11,15,17,21,23,41,43,47,49,60,64H,6-8,10,12-14,16,18-20,22,24-40,42,44-46,48,50-59H2,1-5H3/b11-9-,17-15-,23-21-,43-41-,49-47-. The van der Waals surface area contributed by atoms with Gasteiger partial charge in [0.15, 0.2) is 12.4 Å². The van der Waals surface area contributed by atoms with Gasteiger partial charge in [-0.05, 0) is 51.4 Å². The molecular weight excluding hydrogens is 911 g/mol. The predicted molar refractivity (Wildman–Crippen MR) is 306 cm³/mol. The average Bonchev–Trinajstić information content (AvgIpc) is 3.36. The summed E-state index contributed by atoms with van der Waals surface area (Å²) in [6, 6.07) is 0. The Morgan fingerprint density at radius 2 is 0.781 bits per heavy atom. The molecule has 0 aliphatic rings. The molecule has 0 saturated carbocycles. The van der Waals surface area contributed by atoms with Gasteiger partial charge in [0.05, 0.1) is 40.3 Å². The number of likely N-dealkylation sites (N-methyl/N-ethyl adjacent to an activating group) is 1. The van der Waals surface area contributed by atoms with Gasteiger partial charge in [-0.3, -0.25) is 9.59 Å². The Bertz CT molecular complexity index is 1380. The van der Waals surface area contributed by atoms with Crippen LogP contribution in [0.2, 0.25) is 0 Å². The van der Waals surface area contributed by atoms with Gasteiger partial charge in [-0.25, -0.2) is 0 Å². The van der Waals surface area contributed by atoms with Crippen molar-refractivity contribution in [2.45, 2.75) is 283 Å². The number of hydrogen-bond donors (Lipinski definition) is 0. The third-order valence-electron chi connectivity index (χ3n) is 13.3. The van der Waals surface area contributed by atoms with Gasteiger partial charge in [-0.2, -0.15) is 0 Å². The predicted octanol–water partition coefficient (Wildman–Crippen LogP) is 16.7. The van der Waals surface area contributed by atoms with Crippen LogP contribution in [0.25, 0.3) is 0 Å². The average molecular weight is 1030 g/mol. The third-order valence-corrected chi connectivity index (χ3v) is 13.3. The molecule has 0 amide bonds. The molecule has 73 heavy (non-hydrogen) atoms. The quantitative estimate of drug-likeness (QED) is 0.0195. The van der Waals surface area contributed by atoms with E-state index >= 15 is 0 Å². The maximum absolute atomic E-state index is 12.8. The molecule has 0 aliphatic heterocycles. The Labute approximate surface area is 450 Å². The number of allylic oxidation sites excluding steroid dienone is 10. The van der Waals surface area contributed by atoms with Crippen molar-refractivity contribution in [2.24, 2.45) is 0 Å². The lowest BCUT2D eigenvalue weighted by molar-refractivity contribution is -0.870. The normalized spacial score (nSPS) is 13.2. The number of nitrogens with zero attached hydrogens (tertiary/aromatic N) is 1. The van der Waals surface area contributed by atoms with Crippen LogP contribution in [0.3, 0.4) is 0 Å². The lowest BCUT2D eigenvalue weighted by atomic mass is 10.0. The molecule has 0 saturated heterocycles. The van der Waals surface area contributed by atoms with E-state index in [0.29, 0.717) is 23.9 Å². The molecule has 0 rings (SSSR count). The summed E-state index contributed by atoms with van der Waals surface area (Å²) in [6.45, 7) is 4.59. The number of esters is 2. The number of hydrogen-bond acceptors (Lipinski definition) is 8. The Morgan fingerprint density at radius 3 is 1.15 bits per heavy atom. The highest BCUT2D eigenvalue weighted by atomic mass is 16.7. The SMILES string of the molecule is CC/C=C\C/C=C\C/C=C\C/C=C\C/C=C\CCCC(=O)OC(COC(=O)CCCCCCCCCCCCCCCCCCCCCCCCCCCCCCCCC)COC(OCC[N+](C)(C)C)C(=O)[O-]. The molecule has 0 fully saturated rings. The highest BCUT2D eigenvalue weighted by molar-refractivity contribution is 5.70. The van der Waals surface area contributed by atoms with Crippen molar-refractivity contribution in [3.8, 4) is 0 Å². The molecule has 0 aromatic heterocycles. The number of unbranched alkanes of at least 4 members (excludes halogenated alkanes) is 31. The molecule has 0 bridgehead atoms. The first-order valence-electron chi connectivity index (χ1n) is 30.4. The molecule has 2 atom stereocenters. The van der Waals surface area contributed by atoms with E-state index in [1.165, 1.54) is 180 Å². The highest BCUT2D eigenvalue weighted by Crippen LogP contribution is 2.17. The van der Waals surface area contributed by atoms with Crippen LogP contribution < -0.4 is 5.11 Å². The number of quaternary nitrogens is 1. The lowest BCUT2D eigenvalue weighted by Crippen LogP contribution is -2.44. The van der Waals surface area contributed by atoms with Crippen LogP contribution in [0.1, 0.15) is 271 Å². The van der Waals surface area contributed by atoms with Crippen molar-refractivity contribution in [1.82, 2.24) is 0 Å². The number of rotatable bonds is 56. The van der Waals surface area contributed by atoms with Gasteiger partial charge in [0, 0.05) is 12.8 Å². The molecule has 0 N–H and O–H groups in total. The minimum atomic E-state index is -1.64. The molecule has 0 aromatic carbocycles. The second-order valence-electron chi connectivity index (χ2n) is 21.6. The number of aliphatic carboxylic acids is 1. The third kappa shape index (κ3) is 56.6. The number of carbonyl (C=O) groups is 3. The van der Waals surface area contributed by atoms with Crippen LogP contribution in [-0.4, -0.2) is 82.3 Å². The summed E-state index contributed by atoms with van der Waals surface area (Å²) >= 11 is 0. The van der Waals surface area contributed by atoms with E-state index in [0.717, 1.165) is 51.4 Å². The van der Waals surface area contributed by atoms with E-state index < -0.39 is 24.3 Å². The van der Waals surface area contributed by atoms with Gasteiger partial charge >= 0.3 is 11.9 Å². The summed E-state index contributed by atoms with van der Waals surface area (Å²) in [5, 5.41) is 11.8. The van der Waals surface area contributed by atoms with Crippen molar-refractivity contribution in [3.63, 3.8) is 0 Å². The maximum atomic E-state index is 12.8. The van der Waals surface area contributed by atoms with Crippen molar-refractivity contribution in [2.75, 3.05) is 47.5 Å². The summed E-state index contributed by atoms with van der Waals surface area (Å²) in [5.41, 5.74) is 0. The van der Waals surface area contributed by atoms with Gasteiger partial charge < -0.3 is 33.3 Å². The number of carboxylic acids is 1. The fourth-order valence-electron chi connectivity index (χ4n) is 8.63. The number of carbonyl (C=O) groups excluding carboxylic acids is 3. The van der Waals surface area contributed by atoms with Gasteiger partial charge in [-0.15, -0.1) is 0 Å². The summed E-state index contributed by atoms with van der Waals surface area (Å²) < 4.78 is 22.6. The lowest BCUT2D eigenvalue weighted by Gasteiger charge is -2.26. The van der Waals surface area contributed by atoms with Crippen LogP contribution in [0, 0.1) is 0 Å². The monoisotopic (exact) mass is 1030 g/mol. The molecule has 0 spiro atoms. The minimum absolute atomic E-state index is 0.136. The zero-order chi connectivity index (χ0) is 53.4. The van der Waals surface area contributed by atoms with Crippen LogP contribution in [0.5, 0.6) is 0 Å². The molecule has 9 heteroatoms. The van der Waals surface area contributed by atoms with Crippen molar-refractivity contribution in [1.29, 1.82) is 0 Å². The van der Waals surface area contributed by atoms with E-state index in [4.69, 9.17) is 18.9 Å². The number of carboxylic acid groups (broad SMARTS) is 1. The van der Waals surface area contributed by atoms with Crippen LogP contribution in [0.4, 0.5) is 0 Å². The largest absolute Gasteiger partial charge is 0.545 e. The first-order chi connectivity index (χ1) is 35.6. The number of ether oxygens (including phenoxy) is 4. The molecule has 0 radical (unpaired) electrons. The Hall–Kier alpha value is -3.01. The van der Waals surface area contributed by atoms with Crippen LogP contribution in [-0.2, 0) is 33.3 Å². The van der Waals surface area contributed by atoms with Gasteiger partial charge in [0.2, 0.25) is 0 Å². The fourth-order valence-corrected chi connectivity index (χ4v) is 8.63. The van der Waals surface area contributed by atoms with Crippen molar-refractivity contribution in [3.05, 3.63) is 60.8 Å². The second kappa shape index (κ2) is 55.2. The summed E-state index contributed by atoms with van der Waals surface area (Å²) in [5.74, 6) is -2.36. The fraction of sp³-hybridized carbons (Fsp3) is 0.797. The zero-order valence-corrected chi connectivity index (χ0v) is 48.3. The summed E-state index contributed by atoms with van der Waals surface area (Å²) in [4.78, 5) is 37.2. The Balaban J connectivity index is 4.13. The first-order valence-corrected chi connectivity index (χ1v) is 30.4. The Kier molecular flexibility index (Phi) is 53.0. The van der Waals surface area contributed by atoms with E-state index in [1.54, 1.807) is 0 Å². The van der Waals surface area contributed by atoms with Gasteiger partial charge in [-0.1, -0.05) is 267 Å². The first kappa shape index (κ1) is 70.0. The van der Waals surface area contributed by atoms with E-state index in [2.05, 4.69) is 74.6 Å². The van der Waals surface area contributed by atoms with Gasteiger partial charge in [0.25, 0.3) is 0 Å². The van der Waals surface area contributed by atoms with Crippen LogP contribution >= 0.6 is 0 Å². The molecule has 0 aliphatic carbocycles. The zero-order valence-electron chi connectivity index (χ0n) is 48.3. The molecule has 424 valence electrons. The van der Waals surface area contributed by atoms with Gasteiger partial charge in [0.1, 0.15) is 13.2 Å². The second-order valence-corrected chi connectivity index (χ2v) is 21.6. The maximum Gasteiger partial charge on any atom is 0.306 e.